The Bertz CT molecular complexity index is 811. The summed E-state index contributed by atoms with van der Waals surface area (Å²) < 4.78 is 10.6. The van der Waals surface area contributed by atoms with Crippen LogP contribution in [-0.4, -0.2) is 66.4 Å². The van der Waals surface area contributed by atoms with Crippen LogP contribution in [0.5, 0.6) is 11.5 Å². The second-order valence-corrected chi connectivity index (χ2v) is 8.44. The summed E-state index contributed by atoms with van der Waals surface area (Å²) in [5.74, 6) is 1.80. The third kappa shape index (κ3) is 2.78. The summed E-state index contributed by atoms with van der Waals surface area (Å²) in [5, 5.41) is 13.0. The van der Waals surface area contributed by atoms with Crippen molar-refractivity contribution < 1.29 is 24.2 Å². The van der Waals surface area contributed by atoms with Crippen LogP contribution in [0.15, 0.2) is 18.2 Å². The Hall–Kier alpha value is -2.48. The van der Waals surface area contributed by atoms with Crippen LogP contribution in [-0.2, 0) is 4.79 Å². The molecule has 4 aliphatic rings. The van der Waals surface area contributed by atoms with Crippen molar-refractivity contribution in [3.05, 3.63) is 18.2 Å². The monoisotopic (exact) mass is 387 g/mol. The van der Waals surface area contributed by atoms with Gasteiger partial charge in [0.2, 0.25) is 12.7 Å². The molecule has 3 amide bonds. The van der Waals surface area contributed by atoms with Crippen LogP contribution in [0.2, 0.25) is 0 Å². The summed E-state index contributed by atoms with van der Waals surface area (Å²) in [7, 11) is 0. The zero-order valence-corrected chi connectivity index (χ0v) is 15.7. The molecule has 1 aliphatic carbocycles. The number of carbonyl (C=O) groups is 2. The largest absolute Gasteiger partial charge is 0.454 e. The molecule has 1 aromatic carbocycles. The second-order valence-electron chi connectivity index (χ2n) is 8.44. The zero-order valence-electron chi connectivity index (χ0n) is 15.7. The fourth-order valence-electron chi connectivity index (χ4n) is 4.82. The number of ether oxygens (including phenoxy) is 2. The van der Waals surface area contributed by atoms with Crippen LogP contribution in [0.25, 0.3) is 0 Å². The molecule has 2 saturated heterocycles. The van der Waals surface area contributed by atoms with E-state index in [1.54, 1.807) is 23.1 Å². The maximum absolute atomic E-state index is 12.8. The number of nitrogens with one attached hydrogen (secondary N) is 1. The quantitative estimate of drug-likeness (QED) is 0.820. The maximum Gasteiger partial charge on any atom is 0.321 e. The first-order valence-electron chi connectivity index (χ1n) is 9.93. The minimum atomic E-state index is -0.411. The fraction of sp³-hybridized carbons (Fsp3) is 0.600. The van der Waals surface area contributed by atoms with Crippen molar-refractivity contribution >= 4 is 17.6 Å². The van der Waals surface area contributed by atoms with E-state index >= 15 is 0 Å². The summed E-state index contributed by atoms with van der Waals surface area (Å²) in [6.45, 7) is 2.35. The number of likely N-dealkylation sites (tertiary alicyclic amines) is 2. The van der Waals surface area contributed by atoms with Gasteiger partial charge in [0, 0.05) is 55.2 Å². The minimum Gasteiger partial charge on any atom is -0.454 e. The van der Waals surface area contributed by atoms with E-state index in [4.69, 9.17) is 9.47 Å². The van der Waals surface area contributed by atoms with Gasteiger partial charge >= 0.3 is 6.03 Å². The zero-order chi connectivity index (χ0) is 19.3. The SMILES string of the molecule is O=C(Nc1ccc2c(c1)OCO2)N1CC2CN(C(=O)C3CCC3)CC2(CO)C1. The number of benzene rings is 1. The second kappa shape index (κ2) is 6.55. The average Bonchev–Trinajstić information content (AvgIpc) is 3.31. The highest BCUT2D eigenvalue weighted by molar-refractivity contribution is 5.90. The van der Waals surface area contributed by atoms with Crippen molar-refractivity contribution in [1.82, 2.24) is 9.80 Å². The predicted octanol–water partition coefficient (Wildman–Crippen LogP) is 1.50. The van der Waals surface area contributed by atoms with Crippen LogP contribution in [0.3, 0.4) is 0 Å². The molecule has 8 nitrogen and oxygen atoms in total. The fourth-order valence-corrected chi connectivity index (χ4v) is 4.82. The number of nitrogens with zero attached hydrogens (tertiary/aromatic N) is 2. The first kappa shape index (κ1) is 17.6. The smallest absolute Gasteiger partial charge is 0.321 e. The van der Waals surface area contributed by atoms with Gasteiger partial charge in [-0.15, -0.1) is 0 Å². The number of fused-ring (bicyclic) bond motifs is 2. The summed E-state index contributed by atoms with van der Waals surface area (Å²) in [4.78, 5) is 29.0. The van der Waals surface area contributed by atoms with E-state index in [0.717, 1.165) is 19.3 Å². The molecule has 3 aliphatic heterocycles. The van der Waals surface area contributed by atoms with Gasteiger partial charge in [0.15, 0.2) is 11.5 Å². The third-order valence-corrected chi connectivity index (χ3v) is 6.75. The van der Waals surface area contributed by atoms with Gasteiger partial charge in [-0.1, -0.05) is 6.42 Å². The molecule has 0 aromatic heterocycles. The van der Waals surface area contributed by atoms with E-state index in [-0.39, 0.29) is 37.2 Å². The van der Waals surface area contributed by atoms with E-state index in [1.807, 2.05) is 4.90 Å². The van der Waals surface area contributed by atoms with Crippen molar-refractivity contribution in [1.29, 1.82) is 0 Å². The van der Waals surface area contributed by atoms with Gasteiger partial charge < -0.3 is 29.7 Å². The number of hydrogen-bond acceptors (Lipinski definition) is 5. The van der Waals surface area contributed by atoms with Gasteiger partial charge in [-0.25, -0.2) is 4.79 Å². The van der Waals surface area contributed by atoms with E-state index in [9.17, 15) is 14.7 Å². The minimum absolute atomic E-state index is 0.0140. The molecule has 5 rings (SSSR count). The first-order chi connectivity index (χ1) is 13.6. The lowest BCUT2D eigenvalue weighted by Gasteiger charge is -2.31. The van der Waals surface area contributed by atoms with E-state index in [0.29, 0.717) is 43.4 Å². The molecule has 28 heavy (non-hydrogen) atoms. The Balaban J connectivity index is 1.24. The molecule has 2 atom stereocenters. The van der Waals surface area contributed by atoms with Crippen LogP contribution < -0.4 is 14.8 Å². The molecule has 2 unspecified atom stereocenters. The van der Waals surface area contributed by atoms with Crippen molar-refractivity contribution in [2.75, 3.05) is 44.9 Å². The van der Waals surface area contributed by atoms with Gasteiger partial charge in [0.05, 0.1) is 6.61 Å². The average molecular weight is 387 g/mol. The molecule has 1 saturated carbocycles. The number of hydrogen-bond donors (Lipinski definition) is 2. The molecule has 8 heteroatoms. The van der Waals surface area contributed by atoms with Gasteiger partial charge in [-0.05, 0) is 25.0 Å². The molecule has 2 N–H and O–H groups in total. The lowest BCUT2D eigenvalue weighted by molar-refractivity contribution is -0.137. The maximum atomic E-state index is 12.8. The molecule has 3 fully saturated rings. The van der Waals surface area contributed by atoms with Gasteiger partial charge in [-0.3, -0.25) is 4.79 Å². The lowest BCUT2D eigenvalue weighted by atomic mass is 9.82. The topological polar surface area (TPSA) is 91.3 Å². The van der Waals surface area contributed by atoms with Gasteiger partial charge in [0.1, 0.15) is 0 Å². The number of aliphatic hydroxyl groups is 1. The molecule has 0 spiro atoms. The number of rotatable bonds is 3. The highest BCUT2D eigenvalue weighted by atomic mass is 16.7. The first-order valence-corrected chi connectivity index (χ1v) is 9.93. The third-order valence-electron chi connectivity index (χ3n) is 6.75. The molecular weight excluding hydrogens is 362 g/mol. The number of amides is 3. The number of anilines is 1. The van der Waals surface area contributed by atoms with Crippen molar-refractivity contribution in [3.63, 3.8) is 0 Å². The molecule has 150 valence electrons. The van der Waals surface area contributed by atoms with Crippen LogP contribution >= 0.6 is 0 Å². The Morgan fingerprint density at radius 3 is 2.61 bits per heavy atom. The molecule has 3 heterocycles. The summed E-state index contributed by atoms with van der Waals surface area (Å²) in [6.07, 6.45) is 3.10. The van der Waals surface area contributed by atoms with E-state index < -0.39 is 5.41 Å². The lowest BCUT2D eigenvalue weighted by Crippen LogP contribution is -2.43. The number of carbonyl (C=O) groups excluding carboxylic acids is 2. The van der Waals surface area contributed by atoms with Gasteiger partial charge in [-0.2, -0.15) is 0 Å². The summed E-state index contributed by atoms with van der Waals surface area (Å²) in [6, 6.07) is 5.11. The molecule has 0 radical (unpaired) electrons. The Kier molecular flexibility index (Phi) is 4.12. The van der Waals surface area contributed by atoms with Crippen molar-refractivity contribution in [2.24, 2.45) is 17.3 Å². The molecule has 1 aromatic rings. The molecule has 0 bridgehead atoms. The van der Waals surface area contributed by atoms with Crippen LogP contribution in [0, 0.1) is 17.3 Å². The van der Waals surface area contributed by atoms with E-state index in [1.165, 1.54) is 0 Å². The number of urea groups is 1. The highest BCUT2D eigenvalue weighted by Gasteiger charge is 2.54. The van der Waals surface area contributed by atoms with Crippen molar-refractivity contribution in [3.8, 4) is 11.5 Å². The summed E-state index contributed by atoms with van der Waals surface area (Å²) in [5.41, 5.74) is 0.234. The highest BCUT2D eigenvalue weighted by Crippen LogP contribution is 2.44. The molecular formula is C20H25N3O5. The predicted molar refractivity (Wildman–Crippen MR) is 100 cm³/mol. The van der Waals surface area contributed by atoms with Crippen LogP contribution in [0.4, 0.5) is 10.5 Å². The Morgan fingerprint density at radius 1 is 1.14 bits per heavy atom. The van der Waals surface area contributed by atoms with E-state index in [2.05, 4.69) is 5.32 Å². The van der Waals surface area contributed by atoms with Crippen molar-refractivity contribution in [2.45, 2.75) is 19.3 Å². The van der Waals surface area contributed by atoms with Gasteiger partial charge in [0.25, 0.3) is 0 Å². The summed E-state index contributed by atoms with van der Waals surface area (Å²) >= 11 is 0. The Morgan fingerprint density at radius 2 is 1.89 bits per heavy atom. The number of aliphatic hydroxyl groups excluding tert-OH is 1. The Labute approximate surface area is 163 Å². The standard InChI is InChI=1S/C20H25N3O5/c24-11-20-9-22(18(25)13-2-1-3-13)7-14(20)8-23(10-20)19(26)21-15-4-5-16-17(6-15)28-12-27-16/h4-6,13-14,24H,1-3,7-12H2,(H,21,26). The normalized spacial score (nSPS) is 28.2. The van der Waals surface area contributed by atoms with Crippen LogP contribution in [0.1, 0.15) is 19.3 Å².